The van der Waals surface area contributed by atoms with Crippen LogP contribution >= 0.6 is 39.1 Å². The van der Waals surface area contributed by atoms with Crippen molar-refractivity contribution in [1.29, 1.82) is 0 Å². The van der Waals surface area contributed by atoms with Gasteiger partial charge in [0, 0.05) is 5.56 Å². The van der Waals surface area contributed by atoms with Crippen LogP contribution in [0.2, 0.25) is 10.0 Å². The maximum absolute atomic E-state index is 12.1. The molecule has 0 N–H and O–H groups in total. The Morgan fingerprint density at radius 2 is 1.95 bits per heavy atom. The number of para-hydroxylation sites is 1. The van der Waals surface area contributed by atoms with Crippen molar-refractivity contribution in [3.63, 3.8) is 0 Å². The Hall–Kier alpha value is -1.23. The lowest BCUT2D eigenvalue weighted by atomic mass is 10.1. The minimum Gasteiger partial charge on any atom is -0.493 e. The molecule has 0 saturated heterocycles. The zero-order valence-corrected chi connectivity index (χ0v) is 14.1. The zero-order valence-electron chi connectivity index (χ0n) is 11.0. The fraction of sp³-hybridized carbons (Fsp3) is 0.133. The van der Waals surface area contributed by atoms with Gasteiger partial charge in [-0.25, -0.2) is 0 Å². The fourth-order valence-electron chi connectivity index (χ4n) is 1.68. The van der Waals surface area contributed by atoms with Crippen molar-refractivity contribution in [2.45, 2.75) is 0 Å². The molecule has 0 bridgehead atoms. The second-order valence-corrected chi connectivity index (χ2v) is 5.78. The van der Waals surface area contributed by atoms with Gasteiger partial charge < -0.3 is 9.47 Å². The second kappa shape index (κ2) is 7.16. The van der Waals surface area contributed by atoms with Crippen LogP contribution in [0.5, 0.6) is 11.5 Å². The molecule has 2 aromatic carbocycles. The van der Waals surface area contributed by atoms with E-state index in [9.17, 15) is 4.79 Å². The summed E-state index contributed by atoms with van der Waals surface area (Å²) in [5.41, 5.74) is 0.440. The van der Waals surface area contributed by atoms with Gasteiger partial charge in [-0.3, -0.25) is 4.79 Å². The van der Waals surface area contributed by atoms with Crippen LogP contribution in [0.4, 0.5) is 0 Å². The van der Waals surface area contributed by atoms with Crippen LogP contribution in [0.3, 0.4) is 0 Å². The summed E-state index contributed by atoms with van der Waals surface area (Å²) in [5, 5.41) is 0.739. The number of ether oxygens (including phenoxy) is 2. The SMILES string of the molecule is COc1cccc(Br)c1OCC(=O)c1ccc(Cl)c(Cl)c1. The molecule has 6 heteroatoms. The Kier molecular flexibility index (Phi) is 5.51. The average molecular weight is 390 g/mol. The Morgan fingerprint density at radius 3 is 2.62 bits per heavy atom. The maximum Gasteiger partial charge on any atom is 0.200 e. The van der Waals surface area contributed by atoms with E-state index in [1.54, 1.807) is 18.2 Å². The van der Waals surface area contributed by atoms with Crippen molar-refractivity contribution in [1.82, 2.24) is 0 Å². The molecule has 0 radical (unpaired) electrons. The molecule has 2 aromatic rings. The average Bonchev–Trinajstić information content (AvgIpc) is 2.48. The third kappa shape index (κ3) is 3.90. The van der Waals surface area contributed by atoms with Gasteiger partial charge in [0.05, 0.1) is 21.6 Å². The first-order chi connectivity index (χ1) is 10.0. The van der Waals surface area contributed by atoms with Gasteiger partial charge in [-0.15, -0.1) is 0 Å². The van der Waals surface area contributed by atoms with Crippen molar-refractivity contribution in [3.8, 4) is 11.5 Å². The Labute approximate surface area is 140 Å². The van der Waals surface area contributed by atoms with Crippen molar-refractivity contribution in [2.75, 3.05) is 13.7 Å². The van der Waals surface area contributed by atoms with Gasteiger partial charge >= 0.3 is 0 Å². The third-order valence-corrected chi connectivity index (χ3v) is 4.10. The van der Waals surface area contributed by atoms with E-state index >= 15 is 0 Å². The van der Waals surface area contributed by atoms with Crippen molar-refractivity contribution in [2.24, 2.45) is 0 Å². The Morgan fingerprint density at radius 1 is 1.19 bits per heavy atom. The molecule has 0 aromatic heterocycles. The Balaban J connectivity index is 2.13. The predicted molar refractivity (Wildman–Crippen MR) is 87.0 cm³/mol. The first-order valence-corrected chi connectivity index (χ1v) is 7.51. The minimum absolute atomic E-state index is 0.128. The minimum atomic E-state index is -0.202. The molecule has 3 nitrogen and oxygen atoms in total. The van der Waals surface area contributed by atoms with E-state index in [2.05, 4.69) is 15.9 Å². The summed E-state index contributed by atoms with van der Waals surface area (Å²) in [6.07, 6.45) is 0. The van der Waals surface area contributed by atoms with E-state index in [0.717, 1.165) is 0 Å². The van der Waals surface area contributed by atoms with E-state index in [1.165, 1.54) is 13.2 Å². The largest absolute Gasteiger partial charge is 0.493 e. The molecule has 110 valence electrons. The van der Waals surface area contributed by atoms with Crippen LogP contribution in [0.15, 0.2) is 40.9 Å². The number of methoxy groups -OCH3 is 1. The normalized spacial score (nSPS) is 10.3. The molecular weight excluding hydrogens is 379 g/mol. The number of benzene rings is 2. The second-order valence-electron chi connectivity index (χ2n) is 4.11. The molecule has 0 amide bonds. The van der Waals surface area contributed by atoms with E-state index in [1.807, 2.05) is 12.1 Å². The van der Waals surface area contributed by atoms with Gasteiger partial charge in [0.2, 0.25) is 0 Å². The first-order valence-electron chi connectivity index (χ1n) is 5.96. The highest BCUT2D eigenvalue weighted by molar-refractivity contribution is 9.10. The number of ketones is 1. The highest BCUT2D eigenvalue weighted by Gasteiger charge is 2.13. The smallest absolute Gasteiger partial charge is 0.200 e. The van der Waals surface area contributed by atoms with Crippen LogP contribution in [0.25, 0.3) is 0 Å². The zero-order chi connectivity index (χ0) is 15.4. The first kappa shape index (κ1) is 16.1. The van der Waals surface area contributed by atoms with Gasteiger partial charge in [-0.1, -0.05) is 29.3 Å². The number of Topliss-reactive ketones (excluding diaryl/α,β-unsaturated/α-hetero) is 1. The highest BCUT2D eigenvalue weighted by atomic mass is 79.9. The number of hydrogen-bond acceptors (Lipinski definition) is 3. The number of carbonyl (C=O) groups excluding carboxylic acids is 1. The lowest BCUT2D eigenvalue weighted by molar-refractivity contribution is 0.0919. The summed E-state index contributed by atoms with van der Waals surface area (Å²) in [5.74, 6) is 0.825. The lowest BCUT2D eigenvalue weighted by Crippen LogP contribution is -2.12. The lowest BCUT2D eigenvalue weighted by Gasteiger charge is -2.11. The topological polar surface area (TPSA) is 35.5 Å². The van der Waals surface area contributed by atoms with Crippen molar-refractivity contribution >= 4 is 44.9 Å². The van der Waals surface area contributed by atoms with Gasteiger partial charge in [-0.2, -0.15) is 0 Å². The van der Waals surface area contributed by atoms with E-state index in [4.69, 9.17) is 32.7 Å². The summed E-state index contributed by atoms with van der Waals surface area (Å²) >= 11 is 15.1. The summed E-state index contributed by atoms with van der Waals surface area (Å²) in [7, 11) is 1.54. The molecule has 0 fully saturated rings. The number of halogens is 3. The van der Waals surface area contributed by atoms with Crippen molar-refractivity contribution < 1.29 is 14.3 Å². The number of hydrogen-bond donors (Lipinski definition) is 0. The van der Waals surface area contributed by atoms with Crippen LogP contribution < -0.4 is 9.47 Å². The molecule has 0 aliphatic rings. The Bertz CT molecular complexity index is 674. The van der Waals surface area contributed by atoms with Gasteiger partial charge in [0.25, 0.3) is 0 Å². The molecule has 0 heterocycles. The van der Waals surface area contributed by atoms with Gasteiger partial charge in [0.1, 0.15) is 0 Å². The molecule has 21 heavy (non-hydrogen) atoms. The predicted octanol–water partition coefficient (Wildman–Crippen LogP) is 5.03. The molecule has 0 aliphatic carbocycles. The summed E-state index contributed by atoms with van der Waals surface area (Å²) in [6, 6.07) is 10.1. The van der Waals surface area contributed by atoms with Crippen LogP contribution in [-0.4, -0.2) is 19.5 Å². The molecule has 2 rings (SSSR count). The summed E-state index contributed by atoms with van der Waals surface area (Å²) in [4.78, 5) is 12.1. The van der Waals surface area contributed by atoms with Gasteiger partial charge in [0.15, 0.2) is 23.9 Å². The van der Waals surface area contributed by atoms with Crippen LogP contribution in [0, 0.1) is 0 Å². The summed E-state index contributed by atoms with van der Waals surface area (Å²) < 4.78 is 11.5. The summed E-state index contributed by atoms with van der Waals surface area (Å²) in [6.45, 7) is -0.128. The highest BCUT2D eigenvalue weighted by Crippen LogP contribution is 2.35. The molecule has 0 aliphatic heterocycles. The standard InChI is InChI=1S/C15H11BrCl2O3/c1-20-14-4-2-3-10(16)15(14)21-8-13(19)9-5-6-11(17)12(18)7-9/h2-7H,8H2,1H3. The number of carbonyl (C=O) groups is 1. The molecule has 0 spiro atoms. The quantitative estimate of drug-likeness (QED) is 0.673. The molecule has 0 unspecified atom stereocenters. The maximum atomic E-state index is 12.1. The fourth-order valence-corrected chi connectivity index (χ4v) is 2.44. The monoisotopic (exact) mass is 388 g/mol. The van der Waals surface area contributed by atoms with E-state index < -0.39 is 0 Å². The molecule has 0 saturated carbocycles. The molecule has 0 atom stereocenters. The number of rotatable bonds is 5. The van der Waals surface area contributed by atoms with Crippen LogP contribution in [0.1, 0.15) is 10.4 Å². The van der Waals surface area contributed by atoms with Crippen LogP contribution in [-0.2, 0) is 0 Å². The van der Waals surface area contributed by atoms with Crippen molar-refractivity contribution in [3.05, 3.63) is 56.5 Å². The van der Waals surface area contributed by atoms with E-state index in [-0.39, 0.29) is 12.4 Å². The van der Waals surface area contributed by atoms with E-state index in [0.29, 0.717) is 31.6 Å². The molecular formula is C15H11BrCl2O3. The van der Waals surface area contributed by atoms with Gasteiger partial charge in [-0.05, 0) is 46.3 Å². The third-order valence-electron chi connectivity index (χ3n) is 2.74.